The highest BCUT2D eigenvalue weighted by atomic mass is 35.5. The molecule has 0 saturated heterocycles. The summed E-state index contributed by atoms with van der Waals surface area (Å²) >= 11 is 6.09. The van der Waals surface area contributed by atoms with E-state index in [-0.39, 0.29) is 24.3 Å². The van der Waals surface area contributed by atoms with E-state index in [4.69, 9.17) is 17.3 Å². The fourth-order valence-electron chi connectivity index (χ4n) is 3.79. The topological polar surface area (TPSA) is 81.6 Å². The van der Waals surface area contributed by atoms with Gasteiger partial charge in [0.15, 0.2) is 5.65 Å². The summed E-state index contributed by atoms with van der Waals surface area (Å²) in [6.45, 7) is 0. The number of nitrogens with two attached hydrogens (primary N) is 1. The molecule has 0 amide bonds. The first kappa shape index (κ1) is 20.9. The number of nitrogens with one attached hydrogen (secondary N) is 1. The van der Waals surface area contributed by atoms with Crippen molar-refractivity contribution in [2.24, 2.45) is 5.73 Å². The van der Waals surface area contributed by atoms with Gasteiger partial charge in [-0.25, -0.2) is 15.0 Å². The predicted octanol–water partition coefficient (Wildman–Crippen LogP) is 5.16. The molecule has 1 aliphatic carbocycles. The molecule has 3 aromatic rings. The third-order valence-corrected chi connectivity index (χ3v) is 5.54. The van der Waals surface area contributed by atoms with Gasteiger partial charge in [-0.3, -0.25) is 4.57 Å². The minimum atomic E-state index is -4.25. The Balaban J connectivity index is 1.72. The number of hydrogen-bond acceptors (Lipinski definition) is 5. The van der Waals surface area contributed by atoms with Crippen LogP contribution in [0.5, 0.6) is 0 Å². The molecule has 0 bridgehead atoms. The van der Waals surface area contributed by atoms with Gasteiger partial charge in [0.05, 0.1) is 12.6 Å². The van der Waals surface area contributed by atoms with Gasteiger partial charge >= 0.3 is 6.18 Å². The van der Waals surface area contributed by atoms with Crippen molar-refractivity contribution in [2.45, 2.75) is 56.8 Å². The van der Waals surface area contributed by atoms with Crippen molar-refractivity contribution in [3.63, 3.8) is 0 Å². The highest BCUT2D eigenvalue weighted by molar-refractivity contribution is 6.30. The lowest BCUT2D eigenvalue weighted by Crippen LogP contribution is -2.28. The van der Waals surface area contributed by atoms with Gasteiger partial charge in [-0.15, -0.1) is 0 Å². The number of fused-ring (bicyclic) bond motifs is 1. The van der Waals surface area contributed by atoms with Crippen LogP contribution in [0.4, 0.5) is 24.8 Å². The van der Waals surface area contributed by atoms with E-state index in [1.165, 1.54) is 6.20 Å². The number of halogens is 4. The minimum Gasteiger partial charge on any atom is -0.328 e. The van der Waals surface area contributed by atoms with E-state index in [1.807, 2.05) is 16.7 Å². The van der Waals surface area contributed by atoms with Gasteiger partial charge in [0.1, 0.15) is 11.3 Å². The molecule has 1 saturated carbocycles. The third-order valence-electron chi connectivity index (χ3n) is 5.30. The van der Waals surface area contributed by atoms with Crippen LogP contribution in [0.2, 0.25) is 5.02 Å². The molecular weight excluding hydrogens is 417 g/mol. The fraction of sp³-hybridized carbons (Fsp3) is 0.450. The van der Waals surface area contributed by atoms with E-state index in [1.54, 1.807) is 12.1 Å². The van der Waals surface area contributed by atoms with Crippen LogP contribution in [0, 0.1) is 0 Å². The lowest BCUT2D eigenvalue weighted by molar-refractivity contribution is -0.134. The summed E-state index contributed by atoms with van der Waals surface area (Å²) < 4.78 is 39.9. The predicted molar refractivity (Wildman–Crippen MR) is 110 cm³/mol. The van der Waals surface area contributed by atoms with Crippen LogP contribution in [-0.4, -0.2) is 31.7 Å². The number of imidazole rings is 1. The molecule has 0 radical (unpaired) electrons. The van der Waals surface area contributed by atoms with Crippen LogP contribution in [0.25, 0.3) is 11.2 Å². The van der Waals surface area contributed by atoms with Crippen molar-refractivity contribution >= 4 is 34.4 Å². The number of rotatable bonds is 5. The van der Waals surface area contributed by atoms with Crippen LogP contribution in [0.3, 0.4) is 0 Å². The number of hydrogen-bond donors (Lipinski definition) is 2. The Labute approximate surface area is 176 Å². The van der Waals surface area contributed by atoms with Crippen LogP contribution in [0.1, 0.15) is 44.0 Å². The van der Waals surface area contributed by atoms with Crippen molar-refractivity contribution in [2.75, 3.05) is 5.32 Å². The maximum absolute atomic E-state index is 12.6. The molecular formula is C20H22ClF3N6. The van der Waals surface area contributed by atoms with Gasteiger partial charge in [-0.1, -0.05) is 17.7 Å². The Morgan fingerprint density at radius 2 is 1.93 bits per heavy atom. The summed E-state index contributed by atoms with van der Waals surface area (Å²) in [5.74, 6) is 0.720. The van der Waals surface area contributed by atoms with E-state index in [0.717, 1.165) is 31.4 Å². The standard InChI is InChI=1S/C20H22ClF3N6/c21-12-2-1-3-14(10-12)27-19-28-16-11-26-17(8-9-20(22,23)24)29-18(16)30(19)15-6-4-13(25)5-7-15/h1-3,10-11,13,15H,4-9,25H2,(H,27,28). The molecule has 1 fully saturated rings. The second kappa shape index (κ2) is 8.39. The number of benzene rings is 1. The van der Waals surface area contributed by atoms with Crippen molar-refractivity contribution in [1.82, 2.24) is 19.5 Å². The molecule has 4 rings (SSSR count). The van der Waals surface area contributed by atoms with Crippen LogP contribution in [0.15, 0.2) is 30.5 Å². The van der Waals surface area contributed by atoms with Crippen LogP contribution in [-0.2, 0) is 6.42 Å². The maximum atomic E-state index is 12.6. The highest BCUT2D eigenvalue weighted by Gasteiger charge is 2.28. The normalized spacial score (nSPS) is 19.9. The molecule has 0 aliphatic heterocycles. The van der Waals surface area contributed by atoms with Crippen molar-refractivity contribution in [3.05, 3.63) is 41.3 Å². The second-order valence-electron chi connectivity index (χ2n) is 7.62. The zero-order chi connectivity index (χ0) is 21.3. The molecule has 2 heterocycles. The van der Waals surface area contributed by atoms with E-state index in [2.05, 4.69) is 20.3 Å². The summed E-state index contributed by atoms with van der Waals surface area (Å²) in [4.78, 5) is 13.1. The van der Waals surface area contributed by atoms with E-state index >= 15 is 0 Å². The lowest BCUT2D eigenvalue weighted by atomic mass is 9.91. The van der Waals surface area contributed by atoms with Gasteiger partial charge in [-0.05, 0) is 43.9 Å². The van der Waals surface area contributed by atoms with Crippen molar-refractivity contribution in [1.29, 1.82) is 0 Å². The zero-order valence-corrected chi connectivity index (χ0v) is 16.9. The Morgan fingerprint density at radius 1 is 1.17 bits per heavy atom. The Hall–Kier alpha value is -2.39. The van der Waals surface area contributed by atoms with Crippen molar-refractivity contribution < 1.29 is 13.2 Å². The minimum absolute atomic E-state index is 0.0989. The number of alkyl halides is 3. The monoisotopic (exact) mass is 438 g/mol. The SMILES string of the molecule is NC1CCC(n2c(Nc3cccc(Cl)c3)nc3cnc(CCC(F)(F)F)nc32)CC1. The number of nitrogens with zero attached hydrogens (tertiary/aromatic N) is 4. The van der Waals surface area contributed by atoms with Gasteiger partial charge in [-0.2, -0.15) is 13.2 Å². The molecule has 2 aromatic heterocycles. The van der Waals surface area contributed by atoms with Crippen LogP contribution >= 0.6 is 11.6 Å². The molecule has 0 spiro atoms. The lowest BCUT2D eigenvalue weighted by Gasteiger charge is -2.28. The number of aromatic nitrogens is 4. The Morgan fingerprint density at radius 3 is 2.63 bits per heavy atom. The highest BCUT2D eigenvalue weighted by Crippen LogP contribution is 2.34. The second-order valence-corrected chi connectivity index (χ2v) is 8.06. The third kappa shape index (κ3) is 4.84. The molecule has 160 valence electrons. The molecule has 1 aromatic carbocycles. The molecule has 3 N–H and O–H groups in total. The van der Waals surface area contributed by atoms with E-state index in [9.17, 15) is 13.2 Å². The quantitative estimate of drug-likeness (QED) is 0.575. The van der Waals surface area contributed by atoms with E-state index < -0.39 is 12.6 Å². The number of anilines is 2. The van der Waals surface area contributed by atoms with Gasteiger partial charge < -0.3 is 11.1 Å². The first-order valence-corrected chi connectivity index (χ1v) is 10.2. The smallest absolute Gasteiger partial charge is 0.328 e. The van der Waals surface area contributed by atoms with Gasteiger partial charge in [0.25, 0.3) is 0 Å². The van der Waals surface area contributed by atoms with Gasteiger partial charge in [0.2, 0.25) is 5.95 Å². The Bertz CT molecular complexity index is 1030. The molecule has 6 nitrogen and oxygen atoms in total. The first-order chi connectivity index (χ1) is 14.3. The summed E-state index contributed by atoms with van der Waals surface area (Å²) in [5, 5.41) is 3.86. The zero-order valence-electron chi connectivity index (χ0n) is 16.2. The number of aryl methyl sites for hydroxylation is 1. The largest absolute Gasteiger partial charge is 0.389 e. The van der Waals surface area contributed by atoms with Gasteiger partial charge in [0, 0.05) is 29.2 Å². The summed E-state index contributed by atoms with van der Waals surface area (Å²) in [5.41, 5.74) is 7.89. The van der Waals surface area contributed by atoms with Crippen LogP contribution < -0.4 is 11.1 Å². The molecule has 1 aliphatic rings. The Kier molecular flexibility index (Phi) is 5.84. The molecule has 10 heteroatoms. The average Bonchev–Trinajstić information content (AvgIpc) is 3.03. The average molecular weight is 439 g/mol. The molecule has 30 heavy (non-hydrogen) atoms. The first-order valence-electron chi connectivity index (χ1n) is 9.87. The molecule has 0 unspecified atom stereocenters. The maximum Gasteiger partial charge on any atom is 0.389 e. The van der Waals surface area contributed by atoms with Crippen molar-refractivity contribution in [3.8, 4) is 0 Å². The summed E-state index contributed by atoms with van der Waals surface area (Å²) in [7, 11) is 0. The summed E-state index contributed by atoms with van der Waals surface area (Å²) in [6.07, 6.45) is -0.563. The van der Waals surface area contributed by atoms with E-state index in [0.29, 0.717) is 22.1 Å². The fourth-order valence-corrected chi connectivity index (χ4v) is 3.98. The molecule has 0 atom stereocenters. The summed E-state index contributed by atoms with van der Waals surface area (Å²) in [6, 6.07) is 7.51.